The Morgan fingerprint density at radius 2 is 2.00 bits per heavy atom. The zero-order valence-electron chi connectivity index (χ0n) is 11.6. The van der Waals surface area contributed by atoms with Gasteiger partial charge in [0.1, 0.15) is 18.5 Å². The van der Waals surface area contributed by atoms with Gasteiger partial charge in [-0.25, -0.2) is 0 Å². The van der Waals surface area contributed by atoms with Gasteiger partial charge in [-0.1, -0.05) is 18.2 Å². The molecule has 0 bridgehead atoms. The molecule has 0 N–H and O–H groups in total. The number of quaternary nitrogens is 1. The van der Waals surface area contributed by atoms with Crippen LogP contribution in [0.25, 0.3) is 0 Å². The Morgan fingerprint density at radius 1 is 1.26 bits per heavy atom. The average molecular weight is 263 g/mol. The summed E-state index contributed by atoms with van der Waals surface area (Å²) in [6.07, 6.45) is 5.98. The van der Waals surface area contributed by atoms with E-state index in [1.807, 2.05) is 55.6 Å². The number of methoxy groups -OCH3 is 1. The van der Waals surface area contributed by atoms with Crippen LogP contribution in [-0.2, 0) is 6.54 Å². The maximum absolute atomic E-state index is 14.4. The van der Waals surface area contributed by atoms with Crippen LogP contribution in [0.1, 0.15) is 5.56 Å². The van der Waals surface area contributed by atoms with Gasteiger partial charge in [-0.15, -0.1) is 0 Å². The summed E-state index contributed by atoms with van der Waals surface area (Å²) in [5, 5.41) is 1.87. The van der Waals surface area contributed by atoms with E-state index in [0.29, 0.717) is 6.54 Å². The molecule has 0 spiro atoms. The van der Waals surface area contributed by atoms with Crippen molar-refractivity contribution < 1.29 is 13.7 Å². The maximum Gasteiger partial charge on any atom is 0.273 e. The van der Waals surface area contributed by atoms with Crippen LogP contribution < -0.4 is 4.74 Å². The van der Waals surface area contributed by atoms with E-state index in [4.69, 9.17) is 4.74 Å². The zero-order chi connectivity index (χ0) is 13.9. The van der Waals surface area contributed by atoms with Crippen LogP contribution in [0.3, 0.4) is 0 Å². The first-order chi connectivity index (χ1) is 9.10. The predicted molar refractivity (Wildman–Crippen MR) is 73.8 cm³/mol. The quantitative estimate of drug-likeness (QED) is 0.612. The molecule has 0 aromatic heterocycles. The Bertz CT molecular complexity index is 499. The van der Waals surface area contributed by atoms with Crippen LogP contribution in [0.5, 0.6) is 5.75 Å². The van der Waals surface area contributed by atoms with Gasteiger partial charge in [0.2, 0.25) is 0 Å². The van der Waals surface area contributed by atoms with Crippen molar-refractivity contribution in [1.29, 1.82) is 0 Å². The molecule has 0 saturated heterocycles. The van der Waals surface area contributed by atoms with Crippen molar-refractivity contribution in [2.45, 2.75) is 12.8 Å². The molecule has 0 saturated carbocycles. The number of benzene rings is 1. The van der Waals surface area contributed by atoms with Gasteiger partial charge in [0.25, 0.3) is 6.30 Å². The fraction of sp³-hybridized carbons (Fsp3) is 0.333. The third kappa shape index (κ3) is 2.55. The molecular formula is C15H20FN2O+. The Balaban J connectivity index is 2.37. The molecule has 2 unspecified atom stereocenters. The highest BCUT2D eigenvalue weighted by molar-refractivity contribution is 5.32. The van der Waals surface area contributed by atoms with Crippen molar-refractivity contribution in [3.05, 3.63) is 54.3 Å². The Morgan fingerprint density at radius 3 is 2.63 bits per heavy atom. The van der Waals surface area contributed by atoms with E-state index in [0.717, 1.165) is 11.3 Å². The first-order valence-corrected chi connectivity index (χ1v) is 6.27. The SMILES string of the molecule is COc1ccccc1C[N+]1(N(C)C)C=CC=CC1F. The van der Waals surface area contributed by atoms with E-state index in [9.17, 15) is 4.39 Å². The predicted octanol–water partition coefficient (Wildman–Crippen LogP) is 2.87. The third-order valence-corrected chi connectivity index (χ3v) is 3.51. The molecule has 0 amide bonds. The molecule has 3 nitrogen and oxygen atoms in total. The van der Waals surface area contributed by atoms with E-state index in [1.54, 1.807) is 19.3 Å². The number of halogens is 1. The highest BCUT2D eigenvalue weighted by Crippen LogP contribution is 2.30. The summed E-state index contributed by atoms with van der Waals surface area (Å²) < 4.78 is 19.9. The molecule has 0 aliphatic carbocycles. The van der Waals surface area contributed by atoms with Gasteiger partial charge in [0, 0.05) is 20.2 Å². The van der Waals surface area contributed by atoms with Gasteiger partial charge in [0.15, 0.2) is 0 Å². The number of rotatable bonds is 4. The smallest absolute Gasteiger partial charge is 0.273 e. The zero-order valence-corrected chi connectivity index (χ0v) is 11.6. The number of nitrogens with zero attached hydrogens (tertiary/aromatic N) is 2. The number of alkyl halides is 1. The van der Waals surface area contributed by atoms with Crippen molar-refractivity contribution in [1.82, 2.24) is 5.01 Å². The van der Waals surface area contributed by atoms with E-state index in [1.165, 1.54) is 0 Å². The molecule has 4 heteroatoms. The van der Waals surface area contributed by atoms with E-state index >= 15 is 0 Å². The molecule has 1 aliphatic rings. The van der Waals surface area contributed by atoms with Crippen LogP contribution in [0.4, 0.5) is 4.39 Å². The van der Waals surface area contributed by atoms with Gasteiger partial charge in [0.05, 0.1) is 12.7 Å². The van der Waals surface area contributed by atoms with E-state index < -0.39 is 6.30 Å². The lowest BCUT2D eigenvalue weighted by Gasteiger charge is -2.41. The topological polar surface area (TPSA) is 12.5 Å². The molecule has 1 heterocycles. The number of hydrogen-bond donors (Lipinski definition) is 0. The second-order valence-electron chi connectivity index (χ2n) is 4.80. The highest BCUT2D eigenvalue weighted by atomic mass is 19.1. The molecular weight excluding hydrogens is 243 g/mol. The van der Waals surface area contributed by atoms with Gasteiger partial charge in [-0.3, -0.25) is 0 Å². The van der Waals surface area contributed by atoms with Crippen molar-refractivity contribution in [2.75, 3.05) is 21.2 Å². The standard InChI is InChI=1S/C15H20FN2O/c1-17(2)18(11-7-6-10-15(18)16)12-13-8-4-5-9-14(13)19-3/h4-11,15H,12H2,1-3H3/q+1. The van der Waals surface area contributed by atoms with Crippen molar-refractivity contribution in [2.24, 2.45) is 0 Å². The fourth-order valence-electron chi connectivity index (χ4n) is 2.33. The molecule has 1 aromatic rings. The largest absolute Gasteiger partial charge is 0.496 e. The maximum atomic E-state index is 14.4. The summed E-state index contributed by atoms with van der Waals surface area (Å²) >= 11 is 0. The van der Waals surface area contributed by atoms with Crippen LogP contribution >= 0.6 is 0 Å². The molecule has 2 rings (SSSR count). The lowest BCUT2D eigenvalue weighted by Crippen LogP contribution is -2.57. The molecule has 1 aromatic carbocycles. The minimum absolute atomic E-state index is 0.108. The summed E-state index contributed by atoms with van der Waals surface area (Å²) in [5.74, 6) is 0.789. The molecule has 2 atom stereocenters. The first kappa shape index (κ1) is 13.8. The van der Waals surface area contributed by atoms with Crippen LogP contribution in [-0.4, -0.2) is 37.1 Å². The van der Waals surface area contributed by atoms with Crippen LogP contribution in [0.2, 0.25) is 0 Å². The van der Waals surface area contributed by atoms with Crippen molar-refractivity contribution in [3.8, 4) is 5.75 Å². The monoisotopic (exact) mass is 263 g/mol. The Hall–Kier alpha value is -1.65. The van der Waals surface area contributed by atoms with E-state index in [2.05, 4.69) is 0 Å². The van der Waals surface area contributed by atoms with Crippen molar-refractivity contribution >= 4 is 0 Å². The van der Waals surface area contributed by atoms with Gasteiger partial charge in [-0.2, -0.15) is 14.0 Å². The van der Waals surface area contributed by atoms with Crippen molar-refractivity contribution in [3.63, 3.8) is 0 Å². The molecule has 19 heavy (non-hydrogen) atoms. The Kier molecular flexibility index (Phi) is 4.02. The molecule has 0 fully saturated rings. The number of para-hydroxylation sites is 1. The minimum atomic E-state index is -1.09. The second kappa shape index (κ2) is 5.55. The number of hydrogen-bond acceptors (Lipinski definition) is 2. The Labute approximate surface area is 113 Å². The normalized spacial score (nSPS) is 25.8. The lowest BCUT2D eigenvalue weighted by molar-refractivity contribution is -1.03. The molecule has 1 aliphatic heterocycles. The summed E-state index contributed by atoms with van der Waals surface area (Å²) in [6, 6.07) is 7.74. The van der Waals surface area contributed by atoms with E-state index in [-0.39, 0.29) is 4.59 Å². The van der Waals surface area contributed by atoms with Crippen LogP contribution in [0, 0.1) is 0 Å². The minimum Gasteiger partial charge on any atom is -0.496 e. The first-order valence-electron chi connectivity index (χ1n) is 6.27. The van der Waals surface area contributed by atoms with Crippen LogP contribution in [0.15, 0.2) is 48.7 Å². The van der Waals surface area contributed by atoms with Gasteiger partial charge in [-0.05, 0) is 18.2 Å². The number of ether oxygens (including phenoxy) is 1. The molecule has 0 radical (unpaired) electrons. The highest BCUT2D eigenvalue weighted by Gasteiger charge is 2.39. The third-order valence-electron chi connectivity index (χ3n) is 3.51. The van der Waals surface area contributed by atoms with Gasteiger partial charge >= 0.3 is 0 Å². The average Bonchev–Trinajstić information content (AvgIpc) is 2.41. The summed E-state index contributed by atoms with van der Waals surface area (Å²) in [6.45, 7) is 0.513. The molecule has 102 valence electrons. The van der Waals surface area contributed by atoms with Gasteiger partial charge < -0.3 is 4.74 Å². The summed E-state index contributed by atoms with van der Waals surface area (Å²) in [4.78, 5) is 0. The number of allylic oxidation sites excluding steroid dienone is 2. The summed E-state index contributed by atoms with van der Waals surface area (Å²) in [5.41, 5.74) is 0.987. The second-order valence-corrected chi connectivity index (χ2v) is 4.80. The lowest BCUT2D eigenvalue weighted by atomic mass is 10.1. The summed E-state index contributed by atoms with van der Waals surface area (Å²) in [7, 11) is 5.40. The fourth-order valence-corrected chi connectivity index (χ4v) is 2.33.